The van der Waals surface area contributed by atoms with Gasteiger partial charge in [-0.3, -0.25) is 0 Å². The first-order chi connectivity index (χ1) is 14.7. The Bertz CT molecular complexity index is 1220. The van der Waals surface area contributed by atoms with E-state index in [-0.39, 0.29) is 0 Å². The number of benzene rings is 2. The van der Waals surface area contributed by atoms with Crippen molar-refractivity contribution in [3.8, 4) is 17.3 Å². The van der Waals surface area contributed by atoms with Crippen molar-refractivity contribution in [1.29, 1.82) is 5.26 Å². The molecule has 0 atom stereocenters. The lowest BCUT2D eigenvalue weighted by atomic mass is 10.1. The number of nitriles is 1. The van der Waals surface area contributed by atoms with Crippen molar-refractivity contribution >= 4 is 23.0 Å². The molecule has 0 unspecified atom stereocenters. The van der Waals surface area contributed by atoms with Crippen molar-refractivity contribution in [1.82, 2.24) is 20.0 Å². The molecule has 0 saturated carbocycles. The molecule has 2 aromatic carbocycles. The van der Waals surface area contributed by atoms with Gasteiger partial charge in [-0.25, -0.2) is 9.67 Å². The summed E-state index contributed by atoms with van der Waals surface area (Å²) in [6, 6.07) is 20.5. The number of hydrogen-bond acceptors (Lipinski definition) is 5. The number of aromatic nitrogens is 4. The van der Waals surface area contributed by atoms with Gasteiger partial charge in [0.15, 0.2) is 0 Å². The highest BCUT2D eigenvalue weighted by Crippen LogP contribution is 2.26. The Morgan fingerprint density at radius 2 is 1.93 bits per heavy atom. The average molecular weight is 410 g/mol. The molecule has 0 bridgehead atoms. The molecule has 0 spiro atoms. The van der Waals surface area contributed by atoms with E-state index in [4.69, 9.17) is 0 Å². The van der Waals surface area contributed by atoms with E-state index in [1.807, 2.05) is 54.1 Å². The van der Waals surface area contributed by atoms with Gasteiger partial charge < -0.3 is 0 Å². The van der Waals surface area contributed by atoms with Crippen LogP contribution in [-0.4, -0.2) is 20.0 Å². The van der Waals surface area contributed by atoms with Crippen LogP contribution in [0.5, 0.6) is 0 Å². The molecule has 0 saturated heterocycles. The molecule has 0 N–H and O–H groups in total. The van der Waals surface area contributed by atoms with Gasteiger partial charge in [-0.1, -0.05) is 71.5 Å². The molecular formula is C24H19N5S. The number of hydrogen-bond donors (Lipinski definition) is 0. The molecule has 6 heteroatoms. The Kier molecular flexibility index (Phi) is 5.93. The highest BCUT2D eigenvalue weighted by Gasteiger charge is 2.08. The van der Waals surface area contributed by atoms with Gasteiger partial charge in [-0.15, -0.1) is 16.4 Å². The van der Waals surface area contributed by atoms with Crippen molar-refractivity contribution in [3.05, 3.63) is 100 Å². The topological polar surface area (TPSA) is 67.4 Å². The SMILES string of the molecule is Cc1ccc(-c2csc(/C(C#N)=C/C=C/c3cn(Cc4ccccc4)nn3)n2)cc1. The molecule has 146 valence electrons. The van der Waals surface area contributed by atoms with Gasteiger partial charge in [0.05, 0.1) is 24.0 Å². The molecule has 4 rings (SSSR count). The van der Waals surface area contributed by atoms with E-state index < -0.39 is 0 Å². The van der Waals surface area contributed by atoms with Crippen molar-refractivity contribution < 1.29 is 0 Å². The van der Waals surface area contributed by atoms with Gasteiger partial charge in [0.1, 0.15) is 16.8 Å². The van der Waals surface area contributed by atoms with Crippen LogP contribution in [0.4, 0.5) is 0 Å². The molecule has 0 amide bonds. The van der Waals surface area contributed by atoms with Gasteiger partial charge in [0.2, 0.25) is 0 Å². The molecule has 0 aliphatic heterocycles. The van der Waals surface area contributed by atoms with Crippen LogP contribution in [0, 0.1) is 18.3 Å². The van der Waals surface area contributed by atoms with E-state index in [1.54, 1.807) is 10.8 Å². The third-order valence-electron chi connectivity index (χ3n) is 4.48. The van der Waals surface area contributed by atoms with E-state index in [9.17, 15) is 5.26 Å². The minimum absolute atomic E-state index is 0.520. The summed E-state index contributed by atoms with van der Waals surface area (Å²) in [5, 5.41) is 20.5. The van der Waals surface area contributed by atoms with E-state index in [0.717, 1.165) is 22.5 Å². The molecule has 0 fully saturated rings. The fourth-order valence-electron chi connectivity index (χ4n) is 2.89. The van der Waals surface area contributed by atoms with Gasteiger partial charge >= 0.3 is 0 Å². The third kappa shape index (κ3) is 4.77. The Labute approximate surface area is 179 Å². The van der Waals surface area contributed by atoms with Crippen molar-refractivity contribution in [3.63, 3.8) is 0 Å². The maximum Gasteiger partial charge on any atom is 0.134 e. The van der Waals surface area contributed by atoms with E-state index in [0.29, 0.717) is 17.1 Å². The van der Waals surface area contributed by atoms with Gasteiger partial charge in [-0.05, 0) is 24.6 Å². The number of allylic oxidation sites excluding steroid dienone is 3. The fourth-order valence-corrected chi connectivity index (χ4v) is 3.69. The minimum Gasteiger partial charge on any atom is -0.248 e. The predicted molar refractivity (Wildman–Crippen MR) is 120 cm³/mol. The first kappa shape index (κ1) is 19.5. The maximum absolute atomic E-state index is 9.54. The minimum atomic E-state index is 0.520. The zero-order chi connectivity index (χ0) is 20.8. The highest BCUT2D eigenvalue weighted by atomic mass is 32.1. The fraction of sp³-hybridized carbons (Fsp3) is 0.0833. The summed E-state index contributed by atoms with van der Waals surface area (Å²) < 4.78 is 1.79. The lowest BCUT2D eigenvalue weighted by molar-refractivity contribution is 0.649. The van der Waals surface area contributed by atoms with Crippen molar-refractivity contribution in [2.24, 2.45) is 0 Å². The molecule has 2 aromatic heterocycles. The van der Waals surface area contributed by atoms with Crippen LogP contribution in [0.25, 0.3) is 22.9 Å². The quantitative estimate of drug-likeness (QED) is 0.317. The average Bonchev–Trinajstić information content (AvgIpc) is 3.43. The second-order valence-corrected chi connectivity index (χ2v) is 7.64. The highest BCUT2D eigenvalue weighted by molar-refractivity contribution is 7.11. The standard InChI is InChI=1S/C24H19N5S/c1-18-10-12-20(13-11-18)23-17-30-24(26-23)21(14-25)8-5-9-22-16-29(28-27-22)15-19-6-3-2-4-7-19/h2-13,16-17H,15H2,1H3/b9-5+,21-8+. The Morgan fingerprint density at radius 1 is 1.13 bits per heavy atom. The second kappa shape index (κ2) is 9.12. The predicted octanol–water partition coefficient (Wildman–Crippen LogP) is 5.38. The third-order valence-corrected chi connectivity index (χ3v) is 5.35. The van der Waals surface area contributed by atoms with Crippen LogP contribution >= 0.6 is 11.3 Å². The second-order valence-electron chi connectivity index (χ2n) is 6.78. The van der Waals surface area contributed by atoms with Crippen LogP contribution < -0.4 is 0 Å². The molecule has 2 heterocycles. The Morgan fingerprint density at radius 3 is 2.70 bits per heavy atom. The zero-order valence-electron chi connectivity index (χ0n) is 16.4. The van der Waals surface area contributed by atoms with E-state index in [1.165, 1.54) is 16.9 Å². The molecular weight excluding hydrogens is 390 g/mol. The molecule has 0 aliphatic carbocycles. The smallest absolute Gasteiger partial charge is 0.134 e. The molecule has 5 nitrogen and oxygen atoms in total. The van der Waals surface area contributed by atoms with Crippen LogP contribution in [0.2, 0.25) is 0 Å². The van der Waals surface area contributed by atoms with Crippen LogP contribution in [0.3, 0.4) is 0 Å². The molecule has 0 radical (unpaired) electrons. The maximum atomic E-state index is 9.54. The lowest BCUT2D eigenvalue weighted by Gasteiger charge is -1.98. The largest absolute Gasteiger partial charge is 0.248 e. The normalized spacial score (nSPS) is 11.7. The van der Waals surface area contributed by atoms with Crippen LogP contribution in [0.15, 0.2) is 78.3 Å². The van der Waals surface area contributed by atoms with Crippen molar-refractivity contribution in [2.75, 3.05) is 0 Å². The summed E-state index contributed by atoms with van der Waals surface area (Å²) >= 11 is 1.46. The molecule has 4 aromatic rings. The Balaban J connectivity index is 1.46. The van der Waals surface area contributed by atoms with E-state index >= 15 is 0 Å². The lowest BCUT2D eigenvalue weighted by Crippen LogP contribution is -1.99. The summed E-state index contributed by atoms with van der Waals surface area (Å²) in [5.41, 5.74) is 5.55. The van der Waals surface area contributed by atoms with Crippen LogP contribution in [0.1, 0.15) is 21.8 Å². The number of nitrogens with zero attached hydrogens (tertiary/aromatic N) is 5. The summed E-state index contributed by atoms with van der Waals surface area (Å²) in [4.78, 5) is 4.62. The van der Waals surface area contributed by atoms with Gasteiger partial charge in [0.25, 0.3) is 0 Å². The van der Waals surface area contributed by atoms with Gasteiger partial charge in [0, 0.05) is 10.9 Å². The first-order valence-electron chi connectivity index (χ1n) is 9.47. The summed E-state index contributed by atoms with van der Waals surface area (Å²) in [5.74, 6) is 0. The number of aryl methyl sites for hydroxylation is 1. The first-order valence-corrected chi connectivity index (χ1v) is 10.3. The number of thiazole rings is 1. The summed E-state index contributed by atoms with van der Waals surface area (Å²) in [7, 11) is 0. The Hall–Kier alpha value is -3.82. The summed E-state index contributed by atoms with van der Waals surface area (Å²) in [6.07, 6.45) is 7.28. The summed E-state index contributed by atoms with van der Waals surface area (Å²) in [6.45, 7) is 2.72. The number of rotatable bonds is 6. The molecule has 0 aliphatic rings. The monoisotopic (exact) mass is 409 g/mol. The van der Waals surface area contributed by atoms with Crippen LogP contribution in [-0.2, 0) is 6.54 Å². The van der Waals surface area contributed by atoms with Crippen molar-refractivity contribution in [2.45, 2.75) is 13.5 Å². The molecule has 30 heavy (non-hydrogen) atoms. The zero-order valence-corrected chi connectivity index (χ0v) is 17.3. The van der Waals surface area contributed by atoms with E-state index in [2.05, 4.69) is 52.6 Å². The van der Waals surface area contributed by atoms with Gasteiger partial charge in [-0.2, -0.15) is 5.26 Å².